The molecular weight excluding hydrogens is 373 g/mol. The van der Waals surface area contributed by atoms with Crippen molar-refractivity contribution in [3.8, 4) is 5.75 Å². The molecule has 0 atom stereocenters. The second-order valence-electron chi connectivity index (χ2n) is 5.59. The van der Waals surface area contributed by atoms with Crippen LogP contribution in [-0.4, -0.2) is 29.5 Å². The van der Waals surface area contributed by atoms with Crippen molar-refractivity contribution in [2.75, 3.05) is 14.2 Å². The van der Waals surface area contributed by atoms with Crippen LogP contribution in [0.4, 0.5) is 13.2 Å². The van der Waals surface area contributed by atoms with Crippen molar-refractivity contribution in [3.63, 3.8) is 0 Å². The summed E-state index contributed by atoms with van der Waals surface area (Å²) in [7, 11) is 2.94. The van der Waals surface area contributed by atoms with Crippen molar-refractivity contribution in [3.05, 3.63) is 63.0 Å². The molecule has 9 heteroatoms. The minimum Gasteiger partial charge on any atom is -0.496 e. The zero-order chi connectivity index (χ0) is 19.5. The Morgan fingerprint density at radius 2 is 1.96 bits per heavy atom. The second kappa shape index (κ2) is 7.82. The number of likely N-dealkylation sites (N-methyl/N-ethyl adjacent to an activating group) is 1. The SMILES string of the molecule is COc1ccc(Cl)cc1CN(C)C(=O)Cn1cc(C(F)(F)F)ccc1=O. The number of hydrogen-bond acceptors (Lipinski definition) is 3. The number of aromatic nitrogens is 1. The highest BCUT2D eigenvalue weighted by atomic mass is 35.5. The van der Waals surface area contributed by atoms with Crippen LogP contribution in [-0.2, 0) is 24.1 Å². The van der Waals surface area contributed by atoms with E-state index in [2.05, 4.69) is 0 Å². The summed E-state index contributed by atoms with van der Waals surface area (Å²) in [5, 5.41) is 0.454. The van der Waals surface area contributed by atoms with Gasteiger partial charge in [0, 0.05) is 36.4 Å². The van der Waals surface area contributed by atoms with Gasteiger partial charge in [0.1, 0.15) is 12.3 Å². The molecule has 140 valence electrons. The molecule has 2 rings (SSSR count). The van der Waals surface area contributed by atoms with Crippen LogP contribution in [0.2, 0.25) is 5.02 Å². The maximum Gasteiger partial charge on any atom is 0.417 e. The molecule has 0 spiro atoms. The summed E-state index contributed by atoms with van der Waals surface area (Å²) in [4.78, 5) is 25.4. The molecule has 0 N–H and O–H groups in total. The largest absolute Gasteiger partial charge is 0.496 e. The van der Waals surface area contributed by atoms with Gasteiger partial charge in [-0.2, -0.15) is 13.2 Å². The van der Waals surface area contributed by atoms with E-state index in [-0.39, 0.29) is 6.54 Å². The van der Waals surface area contributed by atoms with Crippen LogP contribution in [0.3, 0.4) is 0 Å². The highest BCUT2D eigenvalue weighted by molar-refractivity contribution is 6.30. The zero-order valence-electron chi connectivity index (χ0n) is 14.0. The molecule has 1 heterocycles. The lowest BCUT2D eigenvalue weighted by atomic mass is 10.2. The van der Waals surface area contributed by atoms with Crippen LogP contribution in [0.15, 0.2) is 41.3 Å². The Balaban J connectivity index is 2.18. The van der Waals surface area contributed by atoms with Gasteiger partial charge >= 0.3 is 6.18 Å². The van der Waals surface area contributed by atoms with Crippen LogP contribution in [0, 0.1) is 0 Å². The van der Waals surface area contributed by atoms with Crippen LogP contribution in [0.5, 0.6) is 5.75 Å². The lowest BCUT2D eigenvalue weighted by Gasteiger charge is -2.20. The van der Waals surface area contributed by atoms with E-state index in [0.29, 0.717) is 28.6 Å². The molecule has 0 aliphatic carbocycles. The summed E-state index contributed by atoms with van der Waals surface area (Å²) in [6.45, 7) is -0.390. The monoisotopic (exact) mass is 388 g/mol. The van der Waals surface area contributed by atoms with Crippen LogP contribution < -0.4 is 10.3 Å². The van der Waals surface area contributed by atoms with Crippen LogP contribution in [0.1, 0.15) is 11.1 Å². The van der Waals surface area contributed by atoms with Gasteiger partial charge in [0.2, 0.25) is 5.91 Å². The van der Waals surface area contributed by atoms with Gasteiger partial charge in [-0.3, -0.25) is 9.59 Å². The van der Waals surface area contributed by atoms with Gasteiger partial charge in [0.05, 0.1) is 12.7 Å². The van der Waals surface area contributed by atoms with Gasteiger partial charge in [-0.15, -0.1) is 0 Å². The Kier molecular flexibility index (Phi) is 5.97. The molecule has 0 saturated heterocycles. The van der Waals surface area contributed by atoms with Crippen molar-refractivity contribution in [2.45, 2.75) is 19.3 Å². The van der Waals surface area contributed by atoms with E-state index in [1.54, 1.807) is 18.2 Å². The molecule has 2 aromatic rings. The maximum atomic E-state index is 12.8. The third-order valence-corrected chi connectivity index (χ3v) is 3.93. The van der Waals surface area contributed by atoms with Crippen LogP contribution >= 0.6 is 11.6 Å². The molecule has 0 fully saturated rings. The average Bonchev–Trinajstić information content (AvgIpc) is 2.56. The summed E-state index contributed by atoms with van der Waals surface area (Å²) in [5.74, 6) is -0.0151. The standard InChI is InChI=1S/C17H16ClF3N2O3/c1-22(8-11-7-13(18)4-5-14(11)26-2)16(25)10-23-9-12(17(19,20)21)3-6-15(23)24/h3-7,9H,8,10H2,1-2H3. The molecule has 5 nitrogen and oxygen atoms in total. The number of carbonyl (C=O) groups is 1. The zero-order valence-corrected chi connectivity index (χ0v) is 14.8. The quantitative estimate of drug-likeness (QED) is 0.790. The molecule has 1 aromatic heterocycles. The van der Waals surface area contributed by atoms with Gasteiger partial charge in [-0.25, -0.2) is 0 Å². The fourth-order valence-corrected chi connectivity index (χ4v) is 2.50. The molecule has 0 aliphatic rings. The van der Waals surface area contributed by atoms with Gasteiger partial charge < -0.3 is 14.2 Å². The number of pyridine rings is 1. The molecule has 0 radical (unpaired) electrons. The Labute approximate surface area is 152 Å². The lowest BCUT2D eigenvalue weighted by Crippen LogP contribution is -2.33. The predicted molar refractivity (Wildman–Crippen MR) is 90.2 cm³/mol. The van der Waals surface area contributed by atoms with E-state index in [9.17, 15) is 22.8 Å². The van der Waals surface area contributed by atoms with E-state index in [4.69, 9.17) is 16.3 Å². The minimum atomic E-state index is -4.60. The molecule has 0 saturated carbocycles. The van der Waals surface area contributed by atoms with E-state index < -0.39 is 29.8 Å². The summed E-state index contributed by atoms with van der Waals surface area (Å²) in [6, 6.07) is 6.38. The first kappa shape index (κ1) is 19.8. The Hall–Kier alpha value is -2.48. The first-order valence-corrected chi connectivity index (χ1v) is 7.83. The fourth-order valence-electron chi connectivity index (χ4n) is 2.30. The first-order valence-electron chi connectivity index (χ1n) is 7.46. The minimum absolute atomic E-state index is 0.121. The van der Waals surface area contributed by atoms with Gasteiger partial charge in [0.15, 0.2) is 0 Å². The summed E-state index contributed by atoms with van der Waals surface area (Å²) >= 11 is 5.94. The smallest absolute Gasteiger partial charge is 0.417 e. The highest BCUT2D eigenvalue weighted by Crippen LogP contribution is 2.28. The van der Waals surface area contributed by atoms with Crippen LogP contribution in [0.25, 0.3) is 0 Å². The normalized spacial score (nSPS) is 11.3. The molecule has 0 aliphatic heterocycles. The number of hydrogen-bond donors (Lipinski definition) is 0. The predicted octanol–water partition coefficient (Wildman–Crippen LogP) is 3.19. The summed E-state index contributed by atoms with van der Waals surface area (Å²) < 4.78 is 44.2. The Morgan fingerprint density at radius 3 is 2.58 bits per heavy atom. The van der Waals surface area contributed by atoms with Crippen molar-refractivity contribution in [1.82, 2.24) is 9.47 Å². The fraction of sp³-hybridized carbons (Fsp3) is 0.294. The maximum absolute atomic E-state index is 12.8. The number of carbonyl (C=O) groups excluding carboxylic acids is 1. The number of halogens is 4. The molecule has 0 unspecified atom stereocenters. The number of methoxy groups -OCH3 is 1. The second-order valence-corrected chi connectivity index (χ2v) is 6.02. The van der Waals surface area contributed by atoms with Gasteiger partial charge in [-0.05, 0) is 24.3 Å². The molecule has 1 amide bonds. The first-order chi connectivity index (χ1) is 12.1. The average molecular weight is 389 g/mol. The summed E-state index contributed by atoms with van der Waals surface area (Å²) in [5.41, 5.74) is -1.06. The van der Waals surface area contributed by atoms with Gasteiger partial charge in [-0.1, -0.05) is 11.6 Å². The third-order valence-electron chi connectivity index (χ3n) is 3.69. The number of nitrogens with zero attached hydrogens (tertiary/aromatic N) is 2. The Bertz CT molecular complexity index is 865. The Morgan fingerprint density at radius 1 is 1.27 bits per heavy atom. The third kappa shape index (κ3) is 4.78. The van der Waals surface area contributed by atoms with Crippen molar-refractivity contribution >= 4 is 17.5 Å². The van der Waals surface area contributed by atoms with Crippen molar-refractivity contribution in [1.29, 1.82) is 0 Å². The number of benzene rings is 1. The lowest BCUT2D eigenvalue weighted by molar-refractivity contribution is -0.138. The molecule has 26 heavy (non-hydrogen) atoms. The van der Waals surface area contributed by atoms with Crippen molar-refractivity contribution in [2.24, 2.45) is 0 Å². The highest BCUT2D eigenvalue weighted by Gasteiger charge is 2.31. The van der Waals surface area contributed by atoms with E-state index in [1.807, 2.05) is 0 Å². The molecular formula is C17H16ClF3N2O3. The number of amides is 1. The number of rotatable bonds is 5. The number of ether oxygens (including phenoxy) is 1. The van der Waals surface area contributed by atoms with Crippen molar-refractivity contribution < 1.29 is 22.7 Å². The molecule has 1 aromatic carbocycles. The molecule has 0 bridgehead atoms. The number of alkyl halides is 3. The van der Waals surface area contributed by atoms with Gasteiger partial charge in [0.25, 0.3) is 5.56 Å². The van der Waals surface area contributed by atoms with E-state index >= 15 is 0 Å². The topological polar surface area (TPSA) is 51.5 Å². The van der Waals surface area contributed by atoms with E-state index in [1.165, 1.54) is 19.1 Å². The van der Waals surface area contributed by atoms with E-state index in [0.717, 1.165) is 10.6 Å². The summed E-state index contributed by atoms with van der Waals surface area (Å²) in [6.07, 6.45) is -3.97.